The number of rotatable bonds is 1. The Balaban J connectivity index is 0.000000215. The van der Waals surface area contributed by atoms with E-state index in [1.54, 1.807) is 0 Å². The molecule has 0 amide bonds. The Morgan fingerprint density at radius 2 is 1.54 bits per heavy atom. The third kappa shape index (κ3) is 5.89. The van der Waals surface area contributed by atoms with Crippen molar-refractivity contribution >= 4 is 25.1 Å². The summed E-state index contributed by atoms with van der Waals surface area (Å²) < 4.78 is 0. The molecule has 2 aromatic carbocycles. The van der Waals surface area contributed by atoms with Crippen molar-refractivity contribution in [3.63, 3.8) is 0 Å². The van der Waals surface area contributed by atoms with Gasteiger partial charge in [-0.1, -0.05) is 0 Å². The van der Waals surface area contributed by atoms with Crippen molar-refractivity contribution in [3.05, 3.63) is 54.6 Å². The summed E-state index contributed by atoms with van der Waals surface area (Å²) in [4.78, 5) is 0. The van der Waals surface area contributed by atoms with E-state index in [9.17, 15) is 0 Å². The first-order valence-electron chi connectivity index (χ1n) is 3.86. The maximum absolute atomic E-state index is 5.61. The normalized spacial score (nSPS) is 9.00. The Bertz CT molecular complexity index is 246. The fourth-order valence-electron chi connectivity index (χ4n) is 0.824. The number of hydrogen-bond acceptors (Lipinski definition) is 0. The van der Waals surface area contributed by atoms with E-state index < -0.39 is 8.83 Å². The fourth-order valence-corrected chi connectivity index (χ4v) is 1.81. The van der Waals surface area contributed by atoms with Crippen LogP contribution in [0.3, 0.4) is 0 Å². The molecule has 0 saturated carbocycles. The summed E-state index contributed by atoms with van der Waals surface area (Å²) >= 11 is 5.61. The van der Waals surface area contributed by atoms with Crippen LogP contribution in [-0.4, -0.2) is 8.83 Å². The summed E-state index contributed by atoms with van der Waals surface area (Å²) in [6, 6.07) is 18.2. The first-order chi connectivity index (χ1) is 5.93. The van der Waals surface area contributed by atoms with Crippen molar-refractivity contribution in [3.8, 4) is 0 Å². The Kier molecular flexibility index (Phi) is 8.15. The SMILES string of the molecule is Cl[SiH2][c-]1cccc1.[Fe+2].c1cc[cH-]c1. The van der Waals surface area contributed by atoms with E-state index in [1.807, 2.05) is 42.5 Å². The minimum absolute atomic E-state index is 0. The molecule has 2 aromatic rings. The van der Waals surface area contributed by atoms with Crippen molar-refractivity contribution < 1.29 is 17.1 Å². The summed E-state index contributed by atoms with van der Waals surface area (Å²) in [5.74, 6) is 0. The molecule has 0 aromatic heterocycles. The van der Waals surface area contributed by atoms with Gasteiger partial charge in [0.05, 0.1) is 8.83 Å². The summed E-state index contributed by atoms with van der Waals surface area (Å²) in [6.07, 6.45) is 0. The molecule has 0 aliphatic heterocycles. The summed E-state index contributed by atoms with van der Waals surface area (Å²) in [6.45, 7) is 0. The molecule has 0 heterocycles. The summed E-state index contributed by atoms with van der Waals surface area (Å²) in [7, 11) is -0.394. The number of hydrogen-bond donors (Lipinski definition) is 0. The van der Waals surface area contributed by atoms with E-state index >= 15 is 0 Å². The zero-order valence-electron chi connectivity index (χ0n) is 7.13. The predicted octanol–water partition coefficient (Wildman–Crippen LogP) is 1.76. The molecule has 2 rings (SSSR count). The third-order valence-corrected chi connectivity index (χ3v) is 3.15. The van der Waals surface area contributed by atoms with Gasteiger partial charge in [0.15, 0.2) is 0 Å². The second-order valence-electron chi connectivity index (χ2n) is 2.39. The molecule has 70 valence electrons. The van der Waals surface area contributed by atoms with Gasteiger partial charge in [0.25, 0.3) is 0 Å². The molecule has 0 aliphatic carbocycles. The third-order valence-electron chi connectivity index (χ3n) is 1.44. The van der Waals surface area contributed by atoms with Crippen LogP contribution in [0, 0.1) is 0 Å². The Morgan fingerprint density at radius 1 is 1.00 bits per heavy atom. The molecule has 0 N–H and O–H groups in total. The van der Waals surface area contributed by atoms with Crippen LogP contribution >= 0.6 is 11.1 Å². The van der Waals surface area contributed by atoms with Crippen LogP contribution < -0.4 is 5.19 Å². The molecule has 0 spiro atoms. The molecule has 0 atom stereocenters. The molecule has 0 unspecified atom stereocenters. The van der Waals surface area contributed by atoms with Gasteiger partial charge in [-0.25, -0.2) is 24.3 Å². The maximum Gasteiger partial charge on any atom is 2.00 e. The summed E-state index contributed by atoms with van der Waals surface area (Å²) in [5.41, 5.74) is 0. The Morgan fingerprint density at radius 3 is 1.77 bits per heavy atom. The van der Waals surface area contributed by atoms with Crippen LogP contribution in [0.4, 0.5) is 0 Å². The Hall–Kier alpha value is -0.274. The molecule has 0 nitrogen and oxygen atoms in total. The van der Waals surface area contributed by atoms with E-state index in [0.717, 1.165) is 0 Å². The fraction of sp³-hybridized carbons (Fsp3) is 0. The topological polar surface area (TPSA) is 0 Å². The van der Waals surface area contributed by atoms with Crippen LogP contribution in [0.5, 0.6) is 0 Å². The second-order valence-corrected chi connectivity index (χ2v) is 4.27. The summed E-state index contributed by atoms with van der Waals surface area (Å²) in [5, 5.41) is 1.33. The van der Waals surface area contributed by atoms with E-state index in [2.05, 4.69) is 12.1 Å². The van der Waals surface area contributed by atoms with Crippen molar-refractivity contribution in [1.29, 1.82) is 0 Å². The van der Waals surface area contributed by atoms with E-state index in [1.165, 1.54) is 5.19 Å². The number of halogens is 1. The zero-order chi connectivity index (χ0) is 8.65. The van der Waals surface area contributed by atoms with Crippen LogP contribution in [0.15, 0.2) is 54.6 Å². The standard InChI is InChI=1S/C5H6ClSi.C5H5.Fe/c6-7-5-3-1-2-4-5;1-2-4-5-3-1;/h1-4H,7H2;1-5H;/q2*-1;+2. The van der Waals surface area contributed by atoms with E-state index in [0.29, 0.717) is 0 Å². The van der Waals surface area contributed by atoms with Crippen molar-refractivity contribution in [1.82, 2.24) is 0 Å². The largest absolute Gasteiger partial charge is 2.00 e. The maximum atomic E-state index is 5.61. The van der Waals surface area contributed by atoms with Gasteiger partial charge in [0.2, 0.25) is 0 Å². The first-order valence-corrected chi connectivity index (χ1v) is 6.71. The molecule has 0 aliphatic rings. The average molecular weight is 251 g/mol. The first kappa shape index (κ1) is 12.7. The monoisotopic (exact) mass is 250 g/mol. The minimum atomic E-state index is -0.394. The van der Waals surface area contributed by atoms with Crippen molar-refractivity contribution in [2.75, 3.05) is 0 Å². The minimum Gasteiger partial charge on any atom is -0.214 e. The van der Waals surface area contributed by atoms with Crippen LogP contribution in [0.1, 0.15) is 0 Å². The van der Waals surface area contributed by atoms with Gasteiger partial charge >= 0.3 is 17.1 Å². The molecule has 0 saturated heterocycles. The average Bonchev–Trinajstić information content (AvgIpc) is 2.81. The van der Waals surface area contributed by atoms with Gasteiger partial charge in [-0.2, -0.15) is 46.6 Å². The Labute approximate surface area is 96.7 Å². The van der Waals surface area contributed by atoms with Gasteiger partial charge in [-0.05, 0) is 0 Å². The second kappa shape index (κ2) is 8.33. The quantitative estimate of drug-likeness (QED) is 0.411. The molecule has 0 radical (unpaired) electrons. The van der Waals surface area contributed by atoms with E-state index in [4.69, 9.17) is 11.1 Å². The van der Waals surface area contributed by atoms with Gasteiger partial charge < -0.3 is 0 Å². The zero-order valence-corrected chi connectivity index (χ0v) is 10.4. The molecule has 0 bridgehead atoms. The van der Waals surface area contributed by atoms with Gasteiger partial charge in [-0.3, -0.25) is 0 Å². The van der Waals surface area contributed by atoms with Crippen LogP contribution in [-0.2, 0) is 17.1 Å². The van der Waals surface area contributed by atoms with E-state index in [-0.39, 0.29) is 17.1 Å². The van der Waals surface area contributed by atoms with Crippen molar-refractivity contribution in [2.24, 2.45) is 0 Å². The van der Waals surface area contributed by atoms with Gasteiger partial charge in [-0.15, -0.1) is 0 Å². The van der Waals surface area contributed by atoms with Gasteiger partial charge in [0, 0.05) is 0 Å². The molecule has 0 fully saturated rings. The molecule has 3 heteroatoms. The molecular formula is C10H11ClFeSi. The van der Waals surface area contributed by atoms with Crippen LogP contribution in [0.2, 0.25) is 0 Å². The van der Waals surface area contributed by atoms with Crippen LogP contribution in [0.25, 0.3) is 0 Å². The molecular weight excluding hydrogens is 239 g/mol. The predicted molar refractivity (Wildman–Crippen MR) is 58.1 cm³/mol. The molecule has 13 heavy (non-hydrogen) atoms. The smallest absolute Gasteiger partial charge is 0.214 e. The van der Waals surface area contributed by atoms with Gasteiger partial charge in [0.1, 0.15) is 0 Å². The van der Waals surface area contributed by atoms with Crippen molar-refractivity contribution in [2.45, 2.75) is 0 Å².